The highest BCUT2D eigenvalue weighted by Gasteiger charge is 2.34. The second-order valence-electron chi connectivity index (χ2n) is 5.22. The van der Waals surface area contributed by atoms with Gasteiger partial charge in [-0.15, -0.1) is 6.58 Å². The minimum atomic E-state index is -0.267. The molecule has 0 atom stereocenters. The predicted molar refractivity (Wildman–Crippen MR) is 93.4 cm³/mol. The average Bonchev–Trinajstić information content (AvgIpc) is 3.09. The van der Waals surface area contributed by atoms with E-state index in [1.807, 2.05) is 54.1 Å². The van der Waals surface area contributed by atoms with Crippen LogP contribution in [0, 0.1) is 6.92 Å². The van der Waals surface area contributed by atoms with Gasteiger partial charge in [-0.1, -0.05) is 23.8 Å². The van der Waals surface area contributed by atoms with Crippen molar-refractivity contribution < 1.29 is 9.59 Å². The SMILES string of the molecule is C=CCN1C(=O)S/C(=C/c2cccn2-c2ccc(C)cc2)C1=O. The summed E-state index contributed by atoms with van der Waals surface area (Å²) in [4.78, 5) is 25.8. The quantitative estimate of drug-likeness (QED) is 0.630. The summed E-state index contributed by atoms with van der Waals surface area (Å²) in [5, 5.41) is -0.255. The number of hydrogen-bond donors (Lipinski definition) is 0. The van der Waals surface area contributed by atoms with Crippen molar-refractivity contribution in [1.29, 1.82) is 0 Å². The molecule has 1 aliphatic heterocycles. The first-order valence-electron chi connectivity index (χ1n) is 7.21. The van der Waals surface area contributed by atoms with Crippen molar-refractivity contribution in [3.63, 3.8) is 0 Å². The van der Waals surface area contributed by atoms with Crippen LogP contribution in [0.1, 0.15) is 11.3 Å². The lowest BCUT2D eigenvalue weighted by atomic mass is 10.2. The summed E-state index contributed by atoms with van der Waals surface area (Å²) in [7, 11) is 0. The second kappa shape index (κ2) is 6.30. The third-order valence-electron chi connectivity index (χ3n) is 3.56. The maximum absolute atomic E-state index is 12.3. The first-order chi connectivity index (χ1) is 11.1. The van der Waals surface area contributed by atoms with Crippen LogP contribution in [0.25, 0.3) is 11.8 Å². The third kappa shape index (κ3) is 3.00. The van der Waals surface area contributed by atoms with E-state index in [1.165, 1.54) is 10.5 Å². The molecular formula is C18H16N2O2S. The monoisotopic (exact) mass is 324 g/mol. The number of aromatic nitrogens is 1. The van der Waals surface area contributed by atoms with Crippen LogP contribution in [-0.2, 0) is 4.79 Å². The molecule has 0 bridgehead atoms. The molecule has 0 unspecified atom stereocenters. The lowest BCUT2D eigenvalue weighted by molar-refractivity contribution is -0.122. The van der Waals surface area contributed by atoms with Crippen LogP contribution in [0.4, 0.5) is 4.79 Å². The largest absolute Gasteiger partial charge is 0.317 e. The van der Waals surface area contributed by atoms with Crippen LogP contribution in [0.3, 0.4) is 0 Å². The maximum Gasteiger partial charge on any atom is 0.293 e. The van der Waals surface area contributed by atoms with E-state index >= 15 is 0 Å². The fourth-order valence-corrected chi connectivity index (χ4v) is 3.21. The van der Waals surface area contributed by atoms with Crippen LogP contribution >= 0.6 is 11.8 Å². The zero-order valence-electron chi connectivity index (χ0n) is 12.7. The zero-order chi connectivity index (χ0) is 16.4. The molecule has 1 aliphatic rings. The van der Waals surface area contributed by atoms with Gasteiger partial charge in [-0.05, 0) is 49.0 Å². The molecule has 1 aromatic heterocycles. The number of benzene rings is 1. The van der Waals surface area contributed by atoms with Gasteiger partial charge in [0.1, 0.15) is 0 Å². The highest BCUT2D eigenvalue weighted by molar-refractivity contribution is 8.18. The maximum atomic E-state index is 12.3. The number of rotatable bonds is 4. The van der Waals surface area contributed by atoms with Gasteiger partial charge in [0, 0.05) is 24.1 Å². The molecular weight excluding hydrogens is 308 g/mol. The number of carbonyl (C=O) groups is 2. The van der Waals surface area contributed by atoms with E-state index < -0.39 is 0 Å². The molecule has 5 heteroatoms. The molecule has 1 aromatic carbocycles. The van der Waals surface area contributed by atoms with Crippen LogP contribution < -0.4 is 0 Å². The van der Waals surface area contributed by atoms with Crippen LogP contribution in [0.15, 0.2) is 60.2 Å². The summed E-state index contributed by atoms with van der Waals surface area (Å²) in [5.41, 5.74) is 3.06. The fraction of sp³-hybridized carbons (Fsp3) is 0.111. The summed E-state index contributed by atoms with van der Waals surface area (Å²) < 4.78 is 1.99. The Labute approximate surface area is 139 Å². The highest BCUT2D eigenvalue weighted by Crippen LogP contribution is 2.32. The number of hydrogen-bond acceptors (Lipinski definition) is 3. The first kappa shape index (κ1) is 15.4. The molecule has 0 spiro atoms. The molecule has 1 saturated heterocycles. The van der Waals surface area contributed by atoms with E-state index in [-0.39, 0.29) is 17.7 Å². The molecule has 0 radical (unpaired) electrons. The predicted octanol–water partition coefficient (Wildman–Crippen LogP) is 4.01. The van der Waals surface area contributed by atoms with E-state index in [2.05, 4.69) is 6.58 Å². The molecule has 0 saturated carbocycles. The van der Waals surface area contributed by atoms with Gasteiger partial charge in [0.25, 0.3) is 11.1 Å². The van der Waals surface area contributed by atoms with Crippen molar-refractivity contribution >= 4 is 29.0 Å². The summed E-state index contributed by atoms with van der Waals surface area (Å²) in [5.74, 6) is -0.267. The number of imide groups is 1. The minimum Gasteiger partial charge on any atom is -0.317 e. The lowest BCUT2D eigenvalue weighted by Gasteiger charge is -2.08. The van der Waals surface area contributed by atoms with E-state index in [9.17, 15) is 9.59 Å². The van der Waals surface area contributed by atoms with Gasteiger partial charge in [0.2, 0.25) is 0 Å². The number of carbonyl (C=O) groups excluding carboxylic acids is 2. The Bertz CT molecular complexity index is 803. The van der Waals surface area contributed by atoms with Gasteiger partial charge in [0.05, 0.1) is 4.91 Å². The topological polar surface area (TPSA) is 42.3 Å². The number of nitrogens with zero attached hydrogens (tertiary/aromatic N) is 2. The Balaban J connectivity index is 1.94. The van der Waals surface area contributed by atoms with Gasteiger partial charge in [-0.25, -0.2) is 0 Å². The third-order valence-corrected chi connectivity index (χ3v) is 4.46. The van der Waals surface area contributed by atoms with E-state index in [0.29, 0.717) is 4.91 Å². The second-order valence-corrected chi connectivity index (χ2v) is 6.21. The lowest BCUT2D eigenvalue weighted by Crippen LogP contribution is -2.27. The van der Waals surface area contributed by atoms with E-state index in [0.717, 1.165) is 23.1 Å². The van der Waals surface area contributed by atoms with Crippen molar-refractivity contribution in [2.75, 3.05) is 6.54 Å². The molecule has 0 aliphatic carbocycles. The Morgan fingerprint density at radius 2 is 1.91 bits per heavy atom. The molecule has 4 nitrogen and oxygen atoms in total. The van der Waals surface area contributed by atoms with Crippen LogP contribution in [0.2, 0.25) is 0 Å². The van der Waals surface area contributed by atoms with E-state index in [1.54, 1.807) is 12.2 Å². The number of aryl methyl sites for hydroxylation is 1. The molecule has 23 heavy (non-hydrogen) atoms. The number of amides is 2. The first-order valence-corrected chi connectivity index (χ1v) is 8.02. The van der Waals surface area contributed by atoms with Crippen molar-refractivity contribution in [1.82, 2.24) is 9.47 Å². The molecule has 2 heterocycles. The Hall–Kier alpha value is -2.53. The molecule has 116 valence electrons. The zero-order valence-corrected chi connectivity index (χ0v) is 13.5. The Morgan fingerprint density at radius 3 is 2.61 bits per heavy atom. The fourth-order valence-electron chi connectivity index (χ4n) is 2.37. The van der Waals surface area contributed by atoms with Crippen molar-refractivity contribution in [3.8, 4) is 5.69 Å². The molecule has 0 N–H and O–H groups in total. The van der Waals surface area contributed by atoms with Crippen molar-refractivity contribution in [3.05, 3.63) is 71.4 Å². The van der Waals surface area contributed by atoms with Crippen LogP contribution in [0.5, 0.6) is 0 Å². The Kier molecular flexibility index (Phi) is 4.21. The standard InChI is InChI=1S/C18H16N2O2S/c1-3-10-20-17(21)16(23-18(20)22)12-15-5-4-11-19(15)14-8-6-13(2)7-9-14/h3-9,11-12H,1,10H2,2H3/b16-12+. The summed E-state index contributed by atoms with van der Waals surface area (Å²) in [6, 6.07) is 12.0. The van der Waals surface area contributed by atoms with E-state index in [4.69, 9.17) is 0 Å². The summed E-state index contributed by atoms with van der Waals surface area (Å²) >= 11 is 0.964. The Morgan fingerprint density at radius 1 is 1.17 bits per heavy atom. The molecule has 3 rings (SSSR count). The van der Waals surface area contributed by atoms with Crippen LogP contribution in [-0.4, -0.2) is 27.2 Å². The van der Waals surface area contributed by atoms with Gasteiger partial charge in [-0.3, -0.25) is 14.5 Å². The number of thioether (sulfide) groups is 1. The molecule has 2 aromatic rings. The minimum absolute atomic E-state index is 0.237. The normalized spacial score (nSPS) is 16.4. The van der Waals surface area contributed by atoms with Crippen molar-refractivity contribution in [2.45, 2.75) is 6.92 Å². The van der Waals surface area contributed by atoms with Gasteiger partial charge < -0.3 is 4.57 Å². The molecule has 2 amide bonds. The van der Waals surface area contributed by atoms with Gasteiger partial charge in [0.15, 0.2) is 0 Å². The highest BCUT2D eigenvalue weighted by atomic mass is 32.2. The van der Waals surface area contributed by atoms with Gasteiger partial charge >= 0.3 is 0 Å². The summed E-state index contributed by atoms with van der Waals surface area (Å²) in [6.07, 6.45) is 5.24. The van der Waals surface area contributed by atoms with Crippen molar-refractivity contribution in [2.24, 2.45) is 0 Å². The molecule has 1 fully saturated rings. The average molecular weight is 324 g/mol. The smallest absolute Gasteiger partial charge is 0.293 e. The summed E-state index contributed by atoms with van der Waals surface area (Å²) in [6.45, 7) is 5.85. The van der Waals surface area contributed by atoms with Gasteiger partial charge in [-0.2, -0.15) is 0 Å².